The molecule has 1 aromatic heterocycles. The molecule has 2 saturated heterocycles. The number of fused-ring (bicyclic) bond motifs is 1. The lowest BCUT2D eigenvalue weighted by molar-refractivity contribution is -0.170. The van der Waals surface area contributed by atoms with Crippen LogP contribution in [0, 0.1) is 17.3 Å². The third-order valence-corrected chi connectivity index (χ3v) is 30.7. The van der Waals surface area contributed by atoms with Crippen LogP contribution in [0.2, 0.25) is 61.9 Å². The summed E-state index contributed by atoms with van der Waals surface area (Å²) in [5.74, 6) is -1.24. The number of Topliss-reactive ketones (excluding diaryl/α,β-unsaturated/α-hetero) is 1. The van der Waals surface area contributed by atoms with Crippen molar-refractivity contribution in [3.8, 4) is 0 Å². The van der Waals surface area contributed by atoms with Gasteiger partial charge in [0.05, 0.1) is 49.3 Å². The minimum Gasteiger partial charge on any atom is -0.459 e. The number of esters is 1. The van der Waals surface area contributed by atoms with Gasteiger partial charge in [0.15, 0.2) is 16.6 Å². The number of carbonyl (C=O) groups excluding carboxylic acids is 2. The molecule has 0 saturated carbocycles. The van der Waals surface area contributed by atoms with Crippen LogP contribution < -0.4 is 0 Å². The van der Waals surface area contributed by atoms with Gasteiger partial charge < -0.3 is 32.5 Å². The van der Waals surface area contributed by atoms with Gasteiger partial charge in [-0.2, -0.15) is 5.10 Å². The maximum atomic E-state index is 15.4. The summed E-state index contributed by atoms with van der Waals surface area (Å²) < 4.78 is 83.9. The number of aryl methyl sites for hydroxylation is 1. The summed E-state index contributed by atoms with van der Waals surface area (Å²) in [4.78, 5) is 32.8. The minimum atomic E-state index is -4.71. The molecule has 2 fully saturated rings. The first-order chi connectivity index (χ1) is 32.6. The molecule has 10 atom stereocenters. The first kappa shape index (κ1) is 63.5. The average Bonchev–Trinajstić information content (AvgIpc) is 3.66. The van der Waals surface area contributed by atoms with E-state index in [1.807, 2.05) is 27.0 Å². The van der Waals surface area contributed by atoms with Crippen molar-refractivity contribution in [3.63, 3.8) is 0 Å². The van der Waals surface area contributed by atoms with Gasteiger partial charge in [-0.1, -0.05) is 95.3 Å². The molecule has 4 unspecified atom stereocenters. The summed E-state index contributed by atoms with van der Waals surface area (Å²) in [6.45, 7) is 28.9. The van der Waals surface area contributed by atoms with E-state index in [0.29, 0.717) is 18.4 Å². The number of hydrogen-bond donors (Lipinski definition) is 1. The number of ether oxygens (including phenoxy) is 2. The molecule has 13 nitrogen and oxygen atoms in total. The van der Waals surface area contributed by atoms with Gasteiger partial charge in [-0.25, -0.2) is 8.78 Å². The standard InChI is InChI=1S/C50H96F2N3O10PSSi3/c1-18-69(19-2,20-3)64-41-35-44(56)63-42(50(12,58)47(39-33-43(67-14)54(13)53-39)66(59,61-29-27-51)62-30-28-52)34-40-49(11,55(40)36-60-31-32-68(15,16)17)26-24-25-37(7)45(38(8)46(57)48(41,9)10)65-70(21-4,22-5)23-6/h33,37-38,40-42,45,47,58H,18-32,34-36H2,1-17H3/t37-,38+,40-,41-,42-,45?,47?,49+,50?,55?/m0/s1. The van der Waals surface area contributed by atoms with E-state index in [1.54, 1.807) is 17.8 Å². The molecule has 20 heteroatoms. The van der Waals surface area contributed by atoms with Gasteiger partial charge in [0, 0.05) is 51.1 Å². The predicted molar refractivity (Wildman–Crippen MR) is 287 cm³/mol. The van der Waals surface area contributed by atoms with Crippen molar-refractivity contribution in [2.75, 3.05) is 46.2 Å². The van der Waals surface area contributed by atoms with Gasteiger partial charge >= 0.3 is 13.6 Å². The summed E-state index contributed by atoms with van der Waals surface area (Å²) >= 11 is 1.36. The van der Waals surface area contributed by atoms with Gasteiger partial charge in [0.2, 0.25) is 0 Å². The quantitative estimate of drug-likeness (QED) is 0.0235. The summed E-state index contributed by atoms with van der Waals surface area (Å²) in [7, 11) is -9.15. The summed E-state index contributed by atoms with van der Waals surface area (Å²) in [5, 5.41) is 18.7. The molecule has 2 aliphatic heterocycles. The molecule has 0 amide bonds. The van der Waals surface area contributed by atoms with Crippen molar-refractivity contribution in [1.82, 2.24) is 14.7 Å². The van der Waals surface area contributed by atoms with Gasteiger partial charge in [-0.3, -0.25) is 23.7 Å². The fraction of sp³-hybridized carbons (Fsp3) is 0.900. The fourth-order valence-corrected chi connectivity index (χ4v) is 20.4. The summed E-state index contributed by atoms with van der Waals surface area (Å²) in [5.41, 5.74) is -5.50. The number of alkyl halides is 2. The molecule has 3 rings (SSSR count). The van der Waals surface area contributed by atoms with Gasteiger partial charge in [0.25, 0.3) is 0 Å². The van der Waals surface area contributed by atoms with E-state index >= 15 is 14.2 Å². The van der Waals surface area contributed by atoms with Crippen LogP contribution in [0.3, 0.4) is 0 Å². The Morgan fingerprint density at radius 2 is 1.49 bits per heavy atom. The Labute approximate surface area is 429 Å². The lowest BCUT2D eigenvalue weighted by Crippen LogP contribution is -2.54. The van der Waals surface area contributed by atoms with Crippen molar-refractivity contribution in [3.05, 3.63) is 11.8 Å². The highest BCUT2D eigenvalue weighted by Gasteiger charge is 2.63. The zero-order valence-electron chi connectivity index (χ0n) is 46.4. The number of thioether (sulfide) groups is 1. The second-order valence-electron chi connectivity index (χ2n) is 22.5. The molecule has 0 spiro atoms. The zero-order chi connectivity index (χ0) is 53.1. The van der Waals surface area contributed by atoms with E-state index in [0.717, 1.165) is 61.6 Å². The third-order valence-electron chi connectivity index (χ3n) is 16.4. The normalized spacial score (nSPS) is 28.0. The summed E-state index contributed by atoms with van der Waals surface area (Å²) in [6, 6.07) is 7.48. The second-order valence-corrected chi connectivity index (χ2v) is 40.5. The monoisotopic (exact) mass is 1080 g/mol. The van der Waals surface area contributed by atoms with Crippen molar-refractivity contribution in [2.24, 2.45) is 24.3 Å². The first-order valence-corrected chi connectivity index (χ1v) is 38.0. The first-order valence-electron chi connectivity index (χ1n) is 26.4. The van der Waals surface area contributed by atoms with Crippen LogP contribution in [-0.2, 0) is 48.6 Å². The topological polar surface area (TPSA) is 148 Å². The fourth-order valence-electron chi connectivity index (χ4n) is 10.9. The zero-order valence-corrected chi connectivity index (χ0v) is 51.1. The maximum Gasteiger partial charge on any atom is 0.342 e. The highest BCUT2D eigenvalue weighted by Crippen LogP contribution is 2.66. The van der Waals surface area contributed by atoms with Crippen LogP contribution in [0.4, 0.5) is 8.78 Å². The lowest BCUT2D eigenvalue weighted by Gasteiger charge is -2.44. The van der Waals surface area contributed by atoms with E-state index in [1.165, 1.54) is 18.7 Å². The largest absolute Gasteiger partial charge is 0.459 e. The Bertz CT molecular complexity index is 1830. The molecule has 3 heterocycles. The second kappa shape index (κ2) is 26.8. The van der Waals surface area contributed by atoms with Gasteiger partial charge in [0.1, 0.15) is 36.5 Å². The van der Waals surface area contributed by atoms with Gasteiger partial charge in [-0.05, 0) is 87.2 Å². The minimum absolute atomic E-state index is 0.0303. The van der Waals surface area contributed by atoms with Crippen molar-refractivity contribution >= 4 is 55.8 Å². The molecule has 0 aliphatic carbocycles. The molecular weight excluding hydrogens is 988 g/mol. The highest BCUT2D eigenvalue weighted by molar-refractivity contribution is 7.98. The predicted octanol–water partition coefficient (Wildman–Crippen LogP) is 12.4. The van der Waals surface area contributed by atoms with Gasteiger partial charge in [-0.15, -0.1) is 11.8 Å². The molecule has 0 bridgehead atoms. The third kappa shape index (κ3) is 15.4. The molecule has 1 N–H and O–H groups in total. The van der Waals surface area contributed by atoms with E-state index in [2.05, 4.69) is 85.0 Å². The summed E-state index contributed by atoms with van der Waals surface area (Å²) in [6.07, 6.45) is 1.29. The molecular formula is C50H96F2N3O10PSSi3. The number of hydrogen-bond acceptors (Lipinski definition) is 13. The van der Waals surface area contributed by atoms with Crippen LogP contribution >= 0.6 is 19.4 Å². The lowest BCUT2D eigenvalue weighted by atomic mass is 9.73. The van der Waals surface area contributed by atoms with E-state index in [9.17, 15) is 13.9 Å². The number of aromatic nitrogens is 2. The van der Waals surface area contributed by atoms with Crippen molar-refractivity contribution in [1.29, 1.82) is 0 Å². The van der Waals surface area contributed by atoms with E-state index in [-0.39, 0.29) is 42.4 Å². The molecule has 0 radical (unpaired) electrons. The molecule has 70 heavy (non-hydrogen) atoms. The Morgan fingerprint density at radius 1 is 0.943 bits per heavy atom. The van der Waals surface area contributed by atoms with Crippen LogP contribution in [0.5, 0.6) is 0 Å². The number of nitrogens with zero attached hydrogens (tertiary/aromatic N) is 3. The van der Waals surface area contributed by atoms with Crippen LogP contribution in [0.25, 0.3) is 0 Å². The van der Waals surface area contributed by atoms with E-state index in [4.69, 9.17) is 27.4 Å². The molecule has 1 aromatic rings. The number of rotatable bonds is 26. The number of ketones is 1. The molecule has 0 aromatic carbocycles. The van der Waals surface area contributed by atoms with Crippen molar-refractivity contribution in [2.45, 2.75) is 223 Å². The Balaban J connectivity index is 2.38. The highest BCUT2D eigenvalue weighted by atomic mass is 32.2. The number of carbonyl (C=O) groups is 2. The SMILES string of the molecule is CC[Si](CC)(CC)OC1[C@@H](C)CCC[C@]2(C)[C@H](C[C@@H](C(C)(O)C(c3cc(SC)n(C)n3)P(=O)(OCCF)OCCF)OC(=O)C[C@H](O[Si](CC)(CC)CC)C(C)(C)C(=O)[C@@H]1C)N2COCC[Si](C)(C)C. The van der Waals surface area contributed by atoms with Crippen LogP contribution in [0.15, 0.2) is 11.1 Å². The number of halogens is 2. The molecule has 408 valence electrons. The average molecular weight is 1080 g/mol. The maximum absolute atomic E-state index is 15.4. The Hall–Kier alpha value is -0.839. The number of aliphatic hydroxyl groups is 1. The molecule has 2 aliphatic rings. The van der Waals surface area contributed by atoms with Crippen LogP contribution in [0.1, 0.15) is 127 Å². The Morgan fingerprint density at radius 3 is 1.97 bits per heavy atom. The smallest absolute Gasteiger partial charge is 0.342 e. The Kier molecular flexibility index (Phi) is 24.3. The van der Waals surface area contributed by atoms with E-state index < -0.39 is 105 Å². The van der Waals surface area contributed by atoms with Crippen molar-refractivity contribution < 1.29 is 55.4 Å². The number of cyclic esters (lactones) is 1. The van der Waals surface area contributed by atoms with Crippen LogP contribution in [-0.4, -0.2) is 138 Å².